The molecule has 16 heavy (non-hydrogen) atoms. The van der Waals surface area contributed by atoms with Crippen molar-refractivity contribution < 1.29 is 13.2 Å². The van der Waals surface area contributed by atoms with Gasteiger partial charge >= 0.3 is 6.18 Å². The number of hydrogen-bond acceptors (Lipinski definition) is 0. The molecule has 0 spiro atoms. The number of alkyl halides is 3. The minimum atomic E-state index is -4.33. The Kier molecular flexibility index (Phi) is 2.68. The fourth-order valence-electron chi connectivity index (χ4n) is 1.43. The molecule has 0 bridgehead atoms. The molecule has 0 radical (unpaired) electrons. The van der Waals surface area contributed by atoms with Gasteiger partial charge in [-0.2, -0.15) is 13.2 Å². The van der Waals surface area contributed by atoms with E-state index in [-0.39, 0.29) is 0 Å². The second-order valence-electron chi connectivity index (χ2n) is 3.30. The first kappa shape index (κ1) is 11.1. The number of hydrogen-bond donors (Lipinski definition) is 1. The number of benzene rings is 1. The van der Waals surface area contributed by atoms with Gasteiger partial charge in [-0.25, -0.2) is 0 Å². The van der Waals surface area contributed by atoms with E-state index in [0.717, 1.165) is 12.1 Å². The van der Waals surface area contributed by atoms with E-state index < -0.39 is 11.7 Å². The minimum Gasteiger partial charge on any atom is -0.366 e. The number of halogens is 4. The summed E-state index contributed by atoms with van der Waals surface area (Å²) in [6, 6.07) is 5.06. The lowest BCUT2D eigenvalue weighted by molar-refractivity contribution is -0.137. The summed E-state index contributed by atoms with van der Waals surface area (Å²) in [5, 5.41) is 0.402. The molecule has 0 aliphatic carbocycles. The quantitative estimate of drug-likeness (QED) is 0.769. The first-order valence-electron chi connectivity index (χ1n) is 4.48. The molecule has 0 amide bonds. The van der Waals surface area contributed by atoms with E-state index in [1.165, 1.54) is 12.3 Å². The summed E-state index contributed by atoms with van der Waals surface area (Å²) >= 11 is 5.83. The highest BCUT2D eigenvalue weighted by Gasteiger charge is 2.30. The third kappa shape index (κ3) is 2.07. The second kappa shape index (κ2) is 3.87. The van der Waals surface area contributed by atoms with Crippen LogP contribution in [0.25, 0.3) is 11.1 Å². The summed E-state index contributed by atoms with van der Waals surface area (Å²) in [4.78, 5) is 2.74. The molecule has 84 valence electrons. The first-order chi connectivity index (χ1) is 7.48. The zero-order valence-corrected chi connectivity index (χ0v) is 8.73. The summed E-state index contributed by atoms with van der Waals surface area (Å²) < 4.78 is 37.4. The molecule has 0 atom stereocenters. The van der Waals surface area contributed by atoms with Crippen molar-refractivity contribution in [2.24, 2.45) is 0 Å². The molecule has 2 rings (SSSR count). The lowest BCUT2D eigenvalue weighted by Gasteiger charge is -2.08. The van der Waals surface area contributed by atoms with Crippen LogP contribution in [-0.2, 0) is 6.18 Å². The van der Waals surface area contributed by atoms with Crippen LogP contribution < -0.4 is 0 Å². The molecule has 0 fully saturated rings. The molecule has 0 aliphatic rings. The van der Waals surface area contributed by atoms with E-state index in [4.69, 9.17) is 11.6 Å². The van der Waals surface area contributed by atoms with Crippen molar-refractivity contribution in [1.29, 1.82) is 0 Å². The van der Waals surface area contributed by atoms with Crippen molar-refractivity contribution >= 4 is 11.6 Å². The van der Waals surface area contributed by atoms with E-state index in [2.05, 4.69) is 4.98 Å². The Hall–Kier alpha value is -1.42. The fraction of sp³-hybridized carbons (Fsp3) is 0.0909. The predicted molar refractivity (Wildman–Crippen MR) is 56.2 cm³/mol. The standard InChI is InChI=1S/C11H7ClF3N/c12-10-6-16-5-9(10)7-2-1-3-8(4-7)11(13,14)15/h1-6,16H. The molecule has 1 nitrogen and oxygen atoms in total. The highest BCUT2D eigenvalue weighted by Crippen LogP contribution is 2.34. The van der Waals surface area contributed by atoms with Gasteiger partial charge < -0.3 is 4.98 Å². The molecule has 1 aromatic carbocycles. The van der Waals surface area contributed by atoms with Crippen molar-refractivity contribution in [3.63, 3.8) is 0 Å². The maximum absolute atomic E-state index is 12.5. The molecule has 0 aliphatic heterocycles. The van der Waals surface area contributed by atoms with Gasteiger partial charge in [0.25, 0.3) is 0 Å². The number of rotatable bonds is 1. The van der Waals surface area contributed by atoms with E-state index in [0.29, 0.717) is 16.1 Å². The average Bonchev–Trinajstić information content (AvgIpc) is 2.63. The topological polar surface area (TPSA) is 15.8 Å². The van der Waals surface area contributed by atoms with Gasteiger partial charge in [0.05, 0.1) is 10.6 Å². The van der Waals surface area contributed by atoms with Crippen LogP contribution in [0.3, 0.4) is 0 Å². The number of H-pyrrole nitrogens is 1. The molecular weight excluding hydrogens is 239 g/mol. The van der Waals surface area contributed by atoms with Crippen LogP contribution in [0.2, 0.25) is 5.02 Å². The zero-order valence-electron chi connectivity index (χ0n) is 7.98. The van der Waals surface area contributed by atoms with Crippen LogP contribution in [0, 0.1) is 0 Å². The fourth-order valence-corrected chi connectivity index (χ4v) is 1.66. The van der Waals surface area contributed by atoms with Crippen LogP contribution in [0.5, 0.6) is 0 Å². The van der Waals surface area contributed by atoms with Crippen molar-refractivity contribution in [2.45, 2.75) is 6.18 Å². The van der Waals surface area contributed by atoms with Crippen LogP contribution in [0.1, 0.15) is 5.56 Å². The Morgan fingerprint density at radius 2 is 1.88 bits per heavy atom. The Balaban J connectivity index is 2.49. The smallest absolute Gasteiger partial charge is 0.366 e. The SMILES string of the molecule is FC(F)(F)c1cccc(-c2c[nH]cc2Cl)c1. The summed E-state index contributed by atoms with van der Waals surface area (Å²) in [6.07, 6.45) is -1.24. The summed E-state index contributed by atoms with van der Waals surface area (Å²) in [5.41, 5.74) is 0.330. The maximum Gasteiger partial charge on any atom is 0.416 e. The van der Waals surface area contributed by atoms with Crippen LogP contribution in [0.4, 0.5) is 13.2 Å². The normalized spacial score (nSPS) is 11.8. The second-order valence-corrected chi connectivity index (χ2v) is 3.70. The number of nitrogens with one attached hydrogen (secondary N) is 1. The van der Waals surface area contributed by atoms with E-state index >= 15 is 0 Å². The van der Waals surface area contributed by atoms with E-state index in [1.54, 1.807) is 12.3 Å². The van der Waals surface area contributed by atoms with Gasteiger partial charge in [-0.3, -0.25) is 0 Å². The van der Waals surface area contributed by atoms with Gasteiger partial charge in [0.15, 0.2) is 0 Å². The van der Waals surface area contributed by atoms with E-state index in [1.807, 2.05) is 0 Å². The molecule has 0 saturated carbocycles. The molecule has 5 heteroatoms. The van der Waals surface area contributed by atoms with Gasteiger partial charge in [0.1, 0.15) is 0 Å². The molecule has 2 aromatic rings. The minimum absolute atomic E-state index is 0.402. The van der Waals surface area contributed by atoms with Crippen molar-refractivity contribution in [1.82, 2.24) is 4.98 Å². The third-order valence-electron chi connectivity index (χ3n) is 2.20. The summed E-state index contributed by atoms with van der Waals surface area (Å²) in [5.74, 6) is 0. The summed E-state index contributed by atoms with van der Waals surface area (Å²) in [7, 11) is 0. The highest BCUT2D eigenvalue weighted by atomic mass is 35.5. The van der Waals surface area contributed by atoms with Gasteiger partial charge in [0.2, 0.25) is 0 Å². The van der Waals surface area contributed by atoms with Crippen LogP contribution in [-0.4, -0.2) is 4.98 Å². The highest BCUT2D eigenvalue weighted by molar-refractivity contribution is 6.33. The van der Waals surface area contributed by atoms with Gasteiger partial charge in [-0.1, -0.05) is 23.7 Å². The monoisotopic (exact) mass is 245 g/mol. The molecular formula is C11H7ClF3N. The van der Waals surface area contributed by atoms with Crippen LogP contribution in [0.15, 0.2) is 36.7 Å². The molecule has 1 aromatic heterocycles. The summed E-state index contributed by atoms with van der Waals surface area (Å²) in [6.45, 7) is 0. The van der Waals surface area contributed by atoms with Gasteiger partial charge in [0, 0.05) is 18.0 Å². The Morgan fingerprint density at radius 1 is 1.12 bits per heavy atom. The Labute approximate surface area is 94.9 Å². The average molecular weight is 246 g/mol. The molecule has 0 unspecified atom stereocenters. The Bertz CT molecular complexity index is 502. The lowest BCUT2D eigenvalue weighted by atomic mass is 10.1. The van der Waals surface area contributed by atoms with Crippen molar-refractivity contribution in [3.8, 4) is 11.1 Å². The van der Waals surface area contributed by atoms with Crippen molar-refractivity contribution in [3.05, 3.63) is 47.2 Å². The molecule has 1 heterocycles. The van der Waals surface area contributed by atoms with Gasteiger partial charge in [-0.15, -0.1) is 0 Å². The Morgan fingerprint density at radius 3 is 2.44 bits per heavy atom. The molecule has 1 N–H and O–H groups in total. The number of aromatic nitrogens is 1. The number of aromatic amines is 1. The van der Waals surface area contributed by atoms with Gasteiger partial charge in [-0.05, 0) is 17.7 Å². The van der Waals surface area contributed by atoms with E-state index in [9.17, 15) is 13.2 Å². The lowest BCUT2D eigenvalue weighted by Crippen LogP contribution is -2.04. The first-order valence-corrected chi connectivity index (χ1v) is 4.86. The zero-order chi connectivity index (χ0) is 11.8. The third-order valence-corrected chi connectivity index (χ3v) is 2.51. The predicted octanol–water partition coefficient (Wildman–Crippen LogP) is 4.35. The van der Waals surface area contributed by atoms with Crippen molar-refractivity contribution in [2.75, 3.05) is 0 Å². The molecule has 0 saturated heterocycles. The van der Waals surface area contributed by atoms with Crippen LogP contribution >= 0.6 is 11.6 Å². The maximum atomic E-state index is 12.5. The largest absolute Gasteiger partial charge is 0.416 e.